The van der Waals surface area contributed by atoms with E-state index in [0.29, 0.717) is 11.3 Å². The molecule has 1 fully saturated rings. The standard InChI is InChI=1S/C20H24N2O4S/c1-11(2)8-14(19(24)22-18-12(3)26-10-15(18)23)21-20(25)17-9-13-6-4-5-7-16(13)27-17/h4-7,9,11-12,14,18H,8,10H2,1-3H3,(H,21,25)(H,22,24)/t12-,14?,18+/m1/s1. The van der Waals surface area contributed by atoms with Gasteiger partial charge in [-0.1, -0.05) is 32.0 Å². The first kappa shape index (κ1) is 19.5. The summed E-state index contributed by atoms with van der Waals surface area (Å²) in [6.45, 7) is 5.73. The average molecular weight is 388 g/mol. The first-order chi connectivity index (χ1) is 12.8. The Hall–Kier alpha value is -2.25. The monoisotopic (exact) mass is 388 g/mol. The number of carbonyl (C=O) groups excluding carboxylic acids is 3. The number of amides is 2. The minimum absolute atomic E-state index is 0.00903. The molecule has 2 aromatic rings. The Kier molecular flexibility index (Phi) is 5.92. The van der Waals surface area contributed by atoms with Crippen molar-refractivity contribution in [2.24, 2.45) is 5.92 Å². The van der Waals surface area contributed by atoms with E-state index in [4.69, 9.17) is 4.74 Å². The lowest BCUT2D eigenvalue weighted by atomic mass is 10.0. The second-order valence-electron chi connectivity index (χ2n) is 7.27. The summed E-state index contributed by atoms with van der Waals surface area (Å²) in [4.78, 5) is 37.9. The van der Waals surface area contributed by atoms with E-state index in [1.165, 1.54) is 11.3 Å². The van der Waals surface area contributed by atoms with E-state index in [0.717, 1.165) is 10.1 Å². The summed E-state index contributed by atoms with van der Waals surface area (Å²) in [7, 11) is 0. The lowest BCUT2D eigenvalue weighted by Gasteiger charge is -2.22. The van der Waals surface area contributed by atoms with Crippen molar-refractivity contribution in [3.8, 4) is 0 Å². The molecule has 1 aliphatic rings. The van der Waals surface area contributed by atoms with Gasteiger partial charge in [-0.3, -0.25) is 14.4 Å². The van der Waals surface area contributed by atoms with E-state index in [1.54, 1.807) is 6.92 Å². The van der Waals surface area contributed by atoms with Crippen molar-refractivity contribution in [1.82, 2.24) is 10.6 Å². The molecule has 2 N–H and O–H groups in total. The van der Waals surface area contributed by atoms with Crippen LogP contribution in [-0.4, -0.2) is 42.4 Å². The number of carbonyl (C=O) groups is 3. The number of benzene rings is 1. The third-order valence-electron chi connectivity index (χ3n) is 4.58. The van der Waals surface area contributed by atoms with Gasteiger partial charge in [0.05, 0.1) is 11.0 Å². The van der Waals surface area contributed by atoms with Crippen LogP contribution in [0, 0.1) is 5.92 Å². The molecule has 1 aliphatic heterocycles. The van der Waals surface area contributed by atoms with E-state index in [2.05, 4.69) is 10.6 Å². The molecule has 1 aromatic carbocycles. The SMILES string of the molecule is CC(C)CC(NC(=O)c1cc2ccccc2s1)C(=O)N[C@@H]1C(=O)CO[C@@H]1C. The summed E-state index contributed by atoms with van der Waals surface area (Å²) in [5, 5.41) is 6.58. The fourth-order valence-electron chi connectivity index (χ4n) is 3.14. The lowest BCUT2D eigenvalue weighted by molar-refractivity contribution is -0.127. The average Bonchev–Trinajstić information content (AvgIpc) is 3.19. The van der Waals surface area contributed by atoms with E-state index >= 15 is 0 Å². The van der Waals surface area contributed by atoms with Crippen LogP contribution in [0.4, 0.5) is 0 Å². The molecule has 27 heavy (non-hydrogen) atoms. The van der Waals surface area contributed by atoms with Gasteiger partial charge in [0.1, 0.15) is 18.7 Å². The summed E-state index contributed by atoms with van der Waals surface area (Å²) < 4.78 is 6.30. The first-order valence-corrected chi connectivity index (χ1v) is 9.91. The number of ether oxygens (including phenoxy) is 1. The number of ketones is 1. The Labute approximate surface area is 162 Å². The van der Waals surface area contributed by atoms with Crippen molar-refractivity contribution in [1.29, 1.82) is 0 Å². The molecule has 0 radical (unpaired) electrons. The number of thiophene rings is 1. The highest BCUT2D eigenvalue weighted by molar-refractivity contribution is 7.20. The molecule has 1 aromatic heterocycles. The predicted molar refractivity (Wildman–Crippen MR) is 105 cm³/mol. The summed E-state index contributed by atoms with van der Waals surface area (Å²) in [6, 6.07) is 8.23. The zero-order valence-corrected chi connectivity index (χ0v) is 16.5. The van der Waals surface area contributed by atoms with Crippen molar-refractivity contribution < 1.29 is 19.1 Å². The van der Waals surface area contributed by atoms with Crippen LogP contribution < -0.4 is 10.6 Å². The van der Waals surface area contributed by atoms with Gasteiger partial charge in [-0.15, -0.1) is 11.3 Å². The molecule has 0 saturated carbocycles. The maximum Gasteiger partial charge on any atom is 0.262 e. The molecule has 0 aliphatic carbocycles. The van der Waals surface area contributed by atoms with Crippen LogP contribution in [-0.2, 0) is 14.3 Å². The van der Waals surface area contributed by atoms with Gasteiger partial charge in [-0.25, -0.2) is 0 Å². The molecule has 7 heteroatoms. The molecule has 2 amide bonds. The fourth-order valence-corrected chi connectivity index (χ4v) is 4.11. The summed E-state index contributed by atoms with van der Waals surface area (Å²) in [5.41, 5.74) is 0. The number of hydrogen-bond donors (Lipinski definition) is 2. The summed E-state index contributed by atoms with van der Waals surface area (Å²) in [6.07, 6.45) is 0.123. The van der Waals surface area contributed by atoms with E-state index in [-0.39, 0.29) is 36.2 Å². The van der Waals surface area contributed by atoms with Crippen molar-refractivity contribution in [3.05, 3.63) is 35.2 Å². The molecule has 3 atom stereocenters. The van der Waals surface area contributed by atoms with Crippen molar-refractivity contribution in [2.75, 3.05) is 6.61 Å². The number of nitrogens with one attached hydrogen (secondary N) is 2. The maximum absolute atomic E-state index is 12.7. The predicted octanol–water partition coefficient (Wildman–Crippen LogP) is 2.52. The molecular weight excluding hydrogens is 364 g/mol. The van der Waals surface area contributed by atoms with Gasteiger partial charge in [-0.2, -0.15) is 0 Å². The Morgan fingerprint density at radius 2 is 2.04 bits per heavy atom. The molecule has 144 valence electrons. The Morgan fingerprint density at radius 3 is 2.67 bits per heavy atom. The van der Waals surface area contributed by atoms with Crippen LogP contribution in [0.5, 0.6) is 0 Å². The largest absolute Gasteiger partial charge is 0.368 e. The molecule has 1 unspecified atom stereocenters. The highest BCUT2D eigenvalue weighted by Crippen LogP contribution is 2.25. The summed E-state index contributed by atoms with van der Waals surface area (Å²) in [5.74, 6) is -0.570. The number of hydrogen-bond acceptors (Lipinski definition) is 5. The first-order valence-electron chi connectivity index (χ1n) is 9.09. The summed E-state index contributed by atoms with van der Waals surface area (Å²) >= 11 is 1.39. The van der Waals surface area contributed by atoms with Gasteiger partial charge in [0, 0.05) is 4.70 Å². The topological polar surface area (TPSA) is 84.5 Å². The minimum Gasteiger partial charge on any atom is -0.368 e. The van der Waals surface area contributed by atoms with Crippen molar-refractivity contribution >= 4 is 39.0 Å². The minimum atomic E-state index is -0.705. The van der Waals surface area contributed by atoms with Gasteiger partial charge in [0.25, 0.3) is 5.91 Å². The highest BCUT2D eigenvalue weighted by atomic mass is 32.1. The molecule has 0 bridgehead atoms. The Bertz CT molecular complexity index is 828. The van der Waals surface area contributed by atoms with Crippen LogP contribution in [0.1, 0.15) is 36.9 Å². The smallest absolute Gasteiger partial charge is 0.262 e. The van der Waals surface area contributed by atoms with Crippen LogP contribution in [0.2, 0.25) is 0 Å². The van der Waals surface area contributed by atoms with Crippen molar-refractivity contribution in [3.63, 3.8) is 0 Å². The quantitative estimate of drug-likeness (QED) is 0.796. The van der Waals surface area contributed by atoms with Crippen LogP contribution >= 0.6 is 11.3 Å². The van der Waals surface area contributed by atoms with Crippen molar-refractivity contribution in [2.45, 2.75) is 45.4 Å². The lowest BCUT2D eigenvalue weighted by Crippen LogP contribution is -2.53. The zero-order chi connectivity index (χ0) is 19.6. The molecule has 0 spiro atoms. The Morgan fingerprint density at radius 1 is 1.30 bits per heavy atom. The maximum atomic E-state index is 12.7. The van der Waals surface area contributed by atoms with Crippen LogP contribution in [0.3, 0.4) is 0 Å². The van der Waals surface area contributed by atoms with E-state index < -0.39 is 12.1 Å². The second kappa shape index (κ2) is 8.19. The highest BCUT2D eigenvalue weighted by Gasteiger charge is 2.35. The van der Waals surface area contributed by atoms with E-state index in [9.17, 15) is 14.4 Å². The molecular formula is C20H24N2O4S. The number of Topliss-reactive ketones (excluding diaryl/α,β-unsaturated/α-hetero) is 1. The van der Waals surface area contributed by atoms with Crippen LogP contribution in [0.25, 0.3) is 10.1 Å². The molecule has 2 heterocycles. The van der Waals surface area contributed by atoms with E-state index in [1.807, 2.05) is 44.2 Å². The van der Waals surface area contributed by atoms with Gasteiger partial charge >= 0.3 is 0 Å². The third kappa shape index (κ3) is 4.54. The zero-order valence-electron chi connectivity index (χ0n) is 15.7. The van der Waals surface area contributed by atoms with Crippen LogP contribution in [0.15, 0.2) is 30.3 Å². The Balaban J connectivity index is 1.72. The second-order valence-corrected chi connectivity index (χ2v) is 8.36. The molecule has 6 nitrogen and oxygen atoms in total. The normalized spacial score (nSPS) is 20.8. The van der Waals surface area contributed by atoms with Gasteiger partial charge < -0.3 is 15.4 Å². The third-order valence-corrected chi connectivity index (χ3v) is 5.70. The number of fused-ring (bicyclic) bond motifs is 1. The molecule has 3 rings (SSSR count). The molecule has 1 saturated heterocycles. The fraction of sp³-hybridized carbons (Fsp3) is 0.450. The van der Waals surface area contributed by atoms with Gasteiger partial charge in [0.2, 0.25) is 5.91 Å². The number of rotatable bonds is 6. The van der Waals surface area contributed by atoms with Gasteiger partial charge in [-0.05, 0) is 36.8 Å². The van der Waals surface area contributed by atoms with Gasteiger partial charge in [0.15, 0.2) is 5.78 Å².